The molecule has 6 nitrogen and oxygen atoms in total. The lowest BCUT2D eigenvalue weighted by atomic mass is 9.97. The number of hydrogen-bond donors (Lipinski definition) is 1. The largest absolute Gasteiger partial charge is 0.348 e. The second kappa shape index (κ2) is 6.64. The third kappa shape index (κ3) is 4.05. The molecule has 2 rings (SSSR count). The van der Waals surface area contributed by atoms with Crippen LogP contribution in [0, 0.1) is 19.8 Å². The van der Waals surface area contributed by atoms with E-state index in [-0.39, 0.29) is 17.9 Å². The van der Waals surface area contributed by atoms with Crippen LogP contribution in [0.25, 0.3) is 0 Å². The summed E-state index contributed by atoms with van der Waals surface area (Å²) in [7, 11) is -3.15. The van der Waals surface area contributed by atoms with Gasteiger partial charge in [0.2, 0.25) is 15.9 Å². The van der Waals surface area contributed by atoms with Gasteiger partial charge in [-0.25, -0.2) is 17.7 Å². The third-order valence-electron chi connectivity index (χ3n) is 3.99. The number of aromatic nitrogens is 1. The van der Waals surface area contributed by atoms with Crippen molar-refractivity contribution in [2.24, 2.45) is 5.92 Å². The molecular formula is C14H23N3O3S2. The van der Waals surface area contributed by atoms with Crippen LogP contribution in [0.1, 0.15) is 41.4 Å². The number of thiazole rings is 1. The first-order valence-electron chi connectivity index (χ1n) is 7.38. The Morgan fingerprint density at radius 1 is 1.36 bits per heavy atom. The first-order chi connectivity index (χ1) is 10.2. The minimum Gasteiger partial charge on any atom is -0.348 e. The fourth-order valence-electron chi connectivity index (χ4n) is 2.80. The highest BCUT2D eigenvalue weighted by atomic mass is 32.2. The summed E-state index contributed by atoms with van der Waals surface area (Å²) < 4.78 is 24.4. The molecule has 0 saturated carbocycles. The monoisotopic (exact) mass is 345 g/mol. The van der Waals surface area contributed by atoms with E-state index in [4.69, 9.17) is 0 Å². The summed E-state index contributed by atoms with van der Waals surface area (Å²) in [5.74, 6) is -0.110. The van der Waals surface area contributed by atoms with Gasteiger partial charge in [0.25, 0.3) is 0 Å². The summed E-state index contributed by atoms with van der Waals surface area (Å²) in [5.41, 5.74) is 0.960. The Kier molecular flexibility index (Phi) is 5.24. The van der Waals surface area contributed by atoms with Crippen LogP contribution in [0.3, 0.4) is 0 Å². The molecule has 1 aliphatic heterocycles. The van der Waals surface area contributed by atoms with E-state index in [2.05, 4.69) is 10.3 Å². The topological polar surface area (TPSA) is 79.4 Å². The van der Waals surface area contributed by atoms with Crippen LogP contribution in [0.2, 0.25) is 0 Å². The van der Waals surface area contributed by atoms with Crippen LogP contribution < -0.4 is 5.32 Å². The molecule has 2 heterocycles. The minimum atomic E-state index is -3.15. The highest BCUT2D eigenvalue weighted by molar-refractivity contribution is 7.88. The molecule has 124 valence electrons. The highest BCUT2D eigenvalue weighted by Crippen LogP contribution is 2.26. The van der Waals surface area contributed by atoms with Gasteiger partial charge < -0.3 is 5.32 Å². The standard InChI is InChI=1S/C14H23N3O3S2/c1-9-13(21-11(3)15-9)10(2)16-14(18)12-5-7-17(8-6-12)22(4,19)20/h10,12H,5-8H2,1-4H3,(H,16,18). The molecular weight excluding hydrogens is 322 g/mol. The lowest BCUT2D eigenvalue weighted by Crippen LogP contribution is -2.43. The molecule has 0 radical (unpaired) electrons. The van der Waals surface area contributed by atoms with Crippen molar-refractivity contribution in [3.05, 3.63) is 15.6 Å². The Balaban J connectivity index is 1.92. The SMILES string of the molecule is Cc1nc(C)c(C(C)NC(=O)C2CCN(S(C)(=O)=O)CC2)s1. The molecule has 22 heavy (non-hydrogen) atoms. The molecule has 1 aromatic rings. The van der Waals surface area contributed by atoms with E-state index in [1.807, 2.05) is 20.8 Å². The summed E-state index contributed by atoms with van der Waals surface area (Å²) in [5, 5.41) is 4.03. The van der Waals surface area contributed by atoms with Crippen LogP contribution in [0.15, 0.2) is 0 Å². The maximum Gasteiger partial charge on any atom is 0.223 e. The van der Waals surface area contributed by atoms with Gasteiger partial charge in [0.1, 0.15) is 0 Å². The summed E-state index contributed by atoms with van der Waals surface area (Å²) in [6.07, 6.45) is 2.36. The maximum absolute atomic E-state index is 12.4. The predicted octanol–water partition coefficient (Wildman–Crippen LogP) is 1.61. The lowest BCUT2D eigenvalue weighted by Gasteiger charge is -2.30. The van der Waals surface area contributed by atoms with Gasteiger partial charge in [-0.15, -0.1) is 11.3 Å². The predicted molar refractivity (Wildman–Crippen MR) is 87.3 cm³/mol. The Morgan fingerprint density at radius 2 is 1.95 bits per heavy atom. The molecule has 1 fully saturated rings. The van der Waals surface area contributed by atoms with E-state index < -0.39 is 10.0 Å². The molecule has 1 aliphatic rings. The summed E-state index contributed by atoms with van der Waals surface area (Å²) >= 11 is 1.60. The average molecular weight is 345 g/mol. The van der Waals surface area contributed by atoms with E-state index >= 15 is 0 Å². The number of hydrogen-bond acceptors (Lipinski definition) is 5. The summed E-state index contributed by atoms with van der Waals surface area (Å²) in [6.45, 7) is 6.71. The van der Waals surface area contributed by atoms with Crippen LogP contribution in [-0.4, -0.2) is 43.0 Å². The quantitative estimate of drug-likeness (QED) is 0.899. The van der Waals surface area contributed by atoms with Crippen molar-refractivity contribution in [2.75, 3.05) is 19.3 Å². The first-order valence-corrected chi connectivity index (χ1v) is 10.0. The van der Waals surface area contributed by atoms with Crippen molar-refractivity contribution >= 4 is 27.3 Å². The number of carbonyl (C=O) groups is 1. The van der Waals surface area contributed by atoms with Gasteiger partial charge in [-0.3, -0.25) is 4.79 Å². The van der Waals surface area contributed by atoms with E-state index in [1.54, 1.807) is 11.3 Å². The number of nitrogens with zero attached hydrogens (tertiary/aromatic N) is 2. The zero-order valence-electron chi connectivity index (χ0n) is 13.4. The molecule has 1 N–H and O–H groups in total. The van der Waals surface area contributed by atoms with Crippen molar-refractivity contribution in [3.63, 3.8) is 0 Å². The van der Waals surface area contributed by atoms with Crippen molar-refractivity contribution in [1.82, 2.24) is 14.6 Å². The summed E-state index contributed by atoms with van der Waals surface area (Å²) in [4.78, 5) is 17.8. The van der Waals surface area contributed by atoms with Crippen LogP contribution in [0.4, 0.5) is 0 Å². The van der Waals surface area contributed by atoms with Crippen molar-refractivity contribution in [3.8, 4) is 0 Å². The molecule has 1 saturated heterocycles. The van der Waals surface area contributed by atoms with Gasteiger partial charge >= 0.3 is 0 Å². The maximum atomic E-state index is 12.4. The minimum absolute atomic E-state index is 0.00565. The fourth-order valence-corrected chi connectivity index (χ4v) is 4.60. The number of amides is 1. The Morgan fingerprint density at radius 3 is 2.41 bits per heavy atom. The van der Waals surface area contributed by atoms with Crippen LogP contribution in [0.5, 0.6) is 0 Å². The van der Waals surface area contributed by atoms with Gasteiger partial charge in [0, 0.05) is 23.9 Å². The van der Waals surface area contributed by atoms with E-state index in [9.17, 15) is 13.2 Å². The molecule has 1 atom stereocenters. The number of carbonyl (C=O) groups excluding carboxylic acids is 1. The van der Waals surface area contributed by atoms with E-state index in [1.165, 1.54) is 10.6 Å². The second-order valence-electron chi connectivity index (χ2n) is 5.85. The molecule has 1 aromatic heterocycles. The van der Waals surface area contributed by atoms with Gasteiger partial charge in [-0.2, -0.15) is 0 Å². The molecule has 1 unspecified atom stereocenters. The number of nitrogens with one attached hydrogen (secondary N) is 1. The second-order valence-corrected chi connectivity index (χ2v) is 9.07. The van der Waals surface area contributed by atoms with Gasteiger partial charge in [-0.1, -0.05) is 0 Å². The van der Waals surface area contributed by atoms with Gasteiger partial charge in [0.05, 0.1) is 23.0 Å². The number of sulfonamides is 1. The number of rotatable bonds is 4. The van der Waals surface area contributed by atoms with E-state index in [0.717, 1.165) is 15.6 Å². The average Bonchev–Trinajstić information content (AvgIpc) is 2.77. The molecule has 0 aliphatic carbocycles. The molecule has 1 amide bonds. The van der Waals surface area contributed by atoms with Crippen molar-refractivity contribution < 1.29 is 13.2 Å². The van der Waals surface area contributed by atoms with Gasteiger partial charge in [-0.05, 0) is 33.6 Å². The Bertz CT molecular complexity index is 646. The van der Waals surface area contributed by atoms with Crippen molar-refractivity contribution in [1.29, 1.82) is 0 Å². The van der Waals surface area contributed by atoms with Crippen molar-refractivity contribution in [2.45, 2.75) is 39.7 Å². The summed E-state index contributed by atoms with van der Waals surface area (Å²) in [6, 6.07) is -0.0633. The highest BCUT2D eigenvalue weighted by Gasteiger charge is 2.29. The third-order valence-corrected chi connectivity index (χ3v) is 6.54. The number of aryl methyl sites for hydroxylation is 2. The molecule has 8 heteroatoms. The zero-order valence-corrected chi connectivity index (χ0v) is 15.1. The molecule has 0 bridgehead atoms. The normalized spacial score (nSPS) is 19.1. The fraction of sp³-hybridized carbons (Fsp3) is 0.714. The lowest BCUT2D eigenvalue weighted by molar-refractivity contribution is -0.126. The van der Waals surface area contributed by atoms with E-state index in [0.29, 0.717) is 25.9 Å². The smallest absolute Gasteiger partial charge is 0.223 e. The number of piperidine rings is 1. The van der Waals surface area contributed by atoms with Crippen LogP contribution in [-0.2, 0) is 14.8 Å². The zero-order chi connectivity index (χ0) is 16.5. The molecule has 0 spiro atoms. The molecule has 0 aromatic carbocycles. The van der Waals surface area contributed by atoms with Crippen LogP contribution >= 0.6 is 11.3 Å². The Labute approximate surface area is 136 Å². The van der Waals surface area contributed by atoms with Gasteiger partial charge in [0.15, 0.2) is 0 Å². The Hall–Kier alpha value is -0.990. The first kappa shape index (κ1) is 17.4.